The van der Waals surface area contributed by atoms with Gasteiger partial charge in [0.2, 0.25) is 0 Å². The minimum atomic E-state index is -0.789. The molecular formula is C17H17BFNO2. The first-order chi connectivity index (χ1) is 10.3. The molecule has 1 heterocycles. The maximum absolute atomic E-state index is 14.6. The molecule has 0 aliphatic carbocycles. The summed E-state index contributed by atoms with van der Waals surface area (Å²) in [7, 11) is -0.789. The molecule has 0 aromatic heterocycles. The second-order valence-electron chi connectivity index (χ2n) is 6.57. The van der Waals surface area contributed by atoms with E-state index in [-0.39, 0.29) is 0 Å². The highest BCUT2D eigenvalue weighted by molar-refractivity contribution is 6.65. The minimum absolute atomic E-state index is 0.313. The molecule has 0 saturated carbocycles. The van der Waals surface area contributed by atoms with Gasteiger partial charge in [-0.2, -0.15) is 5.26 Å². The molecule has 2 aromatic rings. The van der Waals surface area contributed by atoms with E-state index in [1.165, 1.54) is 6.07 Å². The standard InChI is InChI=1S/C17H17BFNO2/c1-16(2)17(3,4)22-18(21-16)15-13-8-6-5-7-12(13)11(10-20)9-14(15)19/h5-9H,1-4H3. The Labute approximate surface area is 129 Å². The van der Waals surface area contributed by atoms with Crippen molar-refractivity contribution in [3.63, 3.8) is 0 Å². The zero-order valence-electron chi connectivity index (χ0n) is 13.1. The summed E-state index contributed by atoms with van der Waals surface area (Å²) >= 11 is 0. The van der Waals surface area contributed by atoms with Crippen LogP contribution in [-0.2, 0) is 9.31 Å². The third-order valence-electron chi connectivity index (χ3n) is 4.65. The van der Waals surface area contributed by atoms with Crippen molar-refractivity contribution in [2.45, 2.75) is 38.9 Å². The number of fused-ring (bicyclic) bond motifs is 1. The zero-order chi connectivity index (χ0) is 16.1. The van der Waals surface area contributed by atoms with E-state index in [4.69, 9.17) is 9.31 Å². The first-order valence-electron chi connectivity index (χ1n) is 7.24. The molecule has 3 rings (SSSR count). The highest BCUT2D eigenvalue weighted by Gasteiger charge is 2.52. The Morgan fingerprint density at radius 1 is 1.05 bits per heavy atom. The third-order valence-corrected chi connectivity index (χ3v) is 4.65. The summed E-state index contributed by atoms with van der Waals surface area (Å²) in [5.74, 6) is -0.478. The van der Waals surface area contributed by atoms with E-state index in [1.54, 1.807) is 6.07 Å². The van der Waals surface area contributed by atoms with E-state index in [2.05, 4.69) is 0 Å². The number of nitrogens with zero attached hydrogens (tertiary/aromatic N) is 1. The van der Waals surface area contributed by atoms with Crippen LogP contribution in [0.15, 0.2) is 30.3 Å². The molecule has 1 aliphatic heterocycles. The van der Waals surface area contributed by atoms with Crippen LogP contribution in [0.1, 0.15) is 33.3 Å². The smallest absolute Gasteiger partial charge is 0.399 e. The fourth-order valence-corrected chi connectivity index (χ4v) is 2.66. The number of hydrogen-bond donors (Lipinski definition) is 0. The molecule has 5 heteroatoms. The quantitative estimate of drug-likeness (QED) is 0.759. The second-order valence-corrected chi connectivity index (χ2v) is 6.57. The summed E-state index contributed by atoms with van der Waals surface area (Å²) < 4.78 is 26.5. The van der Waals surface area contributed by atoms with Crippen LogP contribution < -0.4 is 5.46 Å². The molecule has 0 unspecified atom stereocenters. The van der Waals surface area contributed by atoms with Gasteiger partial charge in [-0.3, -0.25) is 0 Å². The van der Waals surface area contributed by atoms with E-state index in [0.29, 0.717) is 21.8 Å². The van der Waals surface area contributed by atoms with Gasteiger partial charge >= 0.3 is 7.12 Å². The van der Waals surface area contributed by atoms with Crippen LogP contribution in [-0.4, -0.2) is 18.3 Å². The summed E-state index contributed by atoms with van der Waals surface area (Å²) in [5, 5.41) is 10.6. The van der Waals surface area contributed by atoms with Crippen LogP contribution in [0.3, 0.4) is 0 Å². The third kappa shape index (κ3) is 2.11. The Kier molecular flexibility index (Phi) is 3.28. The topological polar surface area (TPSA) is 42.2 Å². The molecule has 0 amide bonds. The maximum Gasteiger partial charge on any atom is 0.498 e. The Balaban J connectivity index is 2.22. The maximum atomic E-state index is 14.6. The average Bonchev–Trinajstić information content (AvgIpc) is 2.66. The van der Waals surface area contributed by atoms with Crippen LogP contribution in [0.25, 0.3) is 10.8 Å². The van der Waals surface area contributed by atoms with Gasteiger partial charge in [0.1, 0.15) is 5.82 Å². The van der Waals surface area contributed by atoms with E-state index < -0.39 is 24.1 Å². The van der Waals surface area contributed by atoms with Crippen molar-refractivity contribution in [2.75, 3.05) is 0 Å². The monoisotopic (exact) mass is 297 g/mol. The van der Waals surface area contributed by atoms with Crippen LogP contribution >= 0.6 is 0 Å². The predicted molar refractivity (Wildman–Crippen MR) is 84.3 cm³/mol. The number of benzene rings is 2. The number of halogens is 1. The molecule has 1 aliphatic rings. The number of nitriles is 1. The lowest BCUT2D eigenvalue weighted by atomic mass is 9.75. The van der Waals surface area contributed by atoms with Gasteiger partial charge in [0.25, 0.3) is 0 Å². The van der Waals surface area contributed by atoms with Gasteiger partial charge in [0.15, 0.2) is 0 Å². The van der Waals surface area contributed by atoms with E-state index in [0.717, 1.165) is 0 Å². The molecule has 0 spiro atoms. The highest BCUT2D eigenvalue weighted by atomic mass is 19.1. The Hall–Kier alpha value is -1.90. The summed E-state index contributed by atoms with van der Waals surface area (Å²) in [6.45, 7) is 7.71. The SMILES string of the molecule is CC1(C)OB(c2c(F)cc(C#N)c3ccccc23)OC1(C)C. The molecule has 22 heavy (non-hydrogen) atoms. The Morgan fingerprint density at radius 3 is 2.14 bits per heavy atom. The fourth-order valence-electron chi connectivity index (χ4n) is 2.66. The molecule has 112 valence electrons. The summed E-state index contributed by atoms with van der Waals surface area (Å²) in [4.78, 5) is 0. The normalized spacial score (nSPS) is 19.4. The fraction of sp³-hybridized carbons (Fsp3) is 0.353. The van der Waals surface area contributed by atoms with Crippen molar-refractivity contribution in [1.29, 1.82) is 5.26 Å². The second kappa shape index (κ2) is 4.80. The lowest BCUT2D eigenvalue weighted by Crippen LogP contribution is -2.41. The summed E-state index contributed by atoms with van der Waals surface area (Å²) in [5.41, 5.74) is -0.417. The molecule has 2 aromatic carbocycles. The van der Waals surface area contributed by atoms with Crippen LogP contribution in [0, 0.1) is 17.1 Å². The molecule has 0 radical (unpaired) electrons. The Morgan fingerprint density at radius 2 is 1.59 bits per heavy atom. The molecule has 0 N–H and O–H groups in total. The molecule has 0 bridgehead atoms. The molecule has 1 fully saturated rings. The first kappa shape index (κ1) is 15.0. The van der Waals surface area contributed by atoms with Gasteiger partial charge in [-0.15, -0.1) is 0 Å². The van der Waals surface area contributed by atoms with Crippen molar-refractivity contribution in [3.05, 3.63) is 41.7 Å². The predicted octanol–water partition coefficient (Wildman–Crippen LogP) is 3.15. The van der Waals surface area contributed by atoms with Gasteiger partial charge in [0, 0.05) is 5.46 Å². The van der Waals surface area contributed by atoms with Crippen molar-refractivity contribution >= 4 is 23.4 Å². The van der Waals surface area contributed by atoms with E-state index in [1.807, 2.05) is 52.0 Å². The van der Waals surface area contributed by atoms with E-state index >= 15 is 0 Å². The van der Waals surface area contributed by atoms with Gasteiger partial charge in [0.05, 0.1) is 22.8 Å². The highest BCUT2D eigenvalue weighted by Crippen LogP contribution is 2.37. The summed E-state index contributed by atoms with van der Waals surface area (Å²) in [6.07, 6.45) is 0. The van der Waals surface area contributed by atoms with Gasteiger partial charge in [-0.1, -0.05) is 24.3 Å². The Bertz CT molecular complexity index is 779. The van der Waals surface area contributed by atoms with Crippen LogP contribution in [0.2, 0.25) is 0 Å². The van der Waals surface area contributed by atoms with Gasteiger partial charge in [-0.25, -0.2) is 4.39 Å². The van der Waals surface area contributed by atoms with Crippen LogP contribution in [0.4, 0.5) is 4.39 Å². The molecule has 0 atom stereocenters. The molecule has 3 nitrogen and oxygen atoms in total. The molecule has 1 saturated heterocycles. The lowest BCUT2D eigenvalue weighted by Gasteiger charge is -2.32. The lowest BCUT2D eigenvalue weighted by molar-refractivity contribution is 0.00578. The summed E-state index contributed by atoms with van der Waals surface area (Å²) in [6, 6.07) is 10.5. The average molecular weight is 297 g/mol. The van der Waals surface area contributed by atoms with Gasteiger partial charge < -0.3 is 9.31 Å². The van der Waals surface area contributed by atoms with Crippen molar-refractivity contribution in [3.8, 4) is 6.07 Å². The van der Waals surface area contributed by atoms with Crippen molar-refractivity contribution in [2.24, 2.45) is 0 Å². The number of rotatable bonds is 1. The van der Waals surface area contributed by atoms with Gasteiger partial charge in [-0.05, 0) is 44.5 Å². The molecular weight excluding hydrogens is 280 g/mol. The van der Waals surface area contributed by atoms with E-state index in [9.17, 15) is 9.65 Å². The van der Waals surface area contributed by atoms with Crippen molar-refractivity contribution in [1.82, 2.24) is 0 Å². The van der Waals surface area contributed by atoms with Crippen molar-refractivity contribution < 1.29 is 13.7 Å². The van der Waals surface area contributed by atoms with Crippen LogP contribution in [0.5, 0.6) is 0 Å². The largest absolute Gasteiger partial charge is 0.498 e. The number of hydrogen-bond acceptors (Lipinski definition) is 3. The zero-order valence-corrected chi connectivity index (χ0v) is 13.1. The first-order valence-corrected chi connectivity index (χ1v) is 7.24. The minimum Gasteiger partial charge on any atom is -0.399 e.